The zero-order valence-corrected chi connectivity index (χ0v) is 20.1. The van der Waals surface area contributed by atoms with Crippen molar-refractivity contribution < 1.29 is 18.7 Å². The molecule has 0 aromatic heterocycles. The number of halogens is 2. The van der Waals surface area contributed by atoms with Gasteiger partial charge in [-0.25, -0.2) is 4.39 Å². The number of anilines is 2. The molecule has 35 heavy (non-hydrogen) atoms. The van der Waals surface area contributed by atoms with E-state index < -0.39 is 11.7 Å². The molecular weight excluding hydrogens is 473 g/mol. The first-order valence-corrected chi connectivity index (χ1v) is 12.1. The highest BCUT2D eigenvalue weighted by molar-refractivity contribution is 6.36. The summed E-state index contributed by atoms with van der Waals surface area (Å²) in [6.45, 7) is 3.87. The Morgan fingerprint density at radius 2 is 2.00 bits per heavy atom. The molecule has 2 aliphatic heterocycles. The van der Waals surface area contributed by atoms with Crippen LogP contribution < -0.4 is 21.3 Å². The molecule has 1 atom stereocenters. The van der Waals surface area contributed by atoms with Gasteiger partial charge in [-0.3, -0.25) is 9.59 Å². The van der Waals surface area contributed by atoms with Crippen LogP contribution in [0.3, 0.4) is 0 Å². The summed E-state index contributed by atoms with van der Waals surface area (Å²) in [6.07, 6.45) is 2.99. The molecule has 2 heterocycles. The van der Waals surface area contributed by atoms with Gasteiger partial charge in [-0.1, -0.05) is 17.7 Å². The van der Waals surface area contributed by atoms with Gasteiger partial charge in [0.2, 0.25) is 0 Å². The quantitative estimate of drug-likeness (QED) is 0.478. The van der Waals surface area contributed by atoms with Crippen molar-refractivity contribution in [2.75, 3.05) is 25.0 Å². The van der Waals surface area contributed by atoms with Gasteiger partial charge in [-0.2, -0.15) is 4.99 Å². The van der Waals surface area contributed by atoms with Crippen molar-refractivity contribution in [1.29, 1.82) is 0 Å². The molecule has 5 rings (SSSR count). The molecule has 0 spiro atoms. The molecule has 2 aromatic rings. The second-order valence-corrected chi connectivity index (χ2v) is 9.73. The molecule has 8 nitrogen and oxygen atoms in total. The Labute approximate surface area is 207 Å². The summed E-state index contributed by atoms with van der Waals surface area (Å²) >= 11 is 6.58. The predicted octanol–water partition coefficient (Wildman–Crippen LogP) is 4.05. The first-order chi connectivity index (χ1) is 16.8. The third-order valence-corrected chi connectivity index (χ3v) is 6.89. The van der Waals surface area contributed by atoms with Crippen LogP contribution in [0.4, 0.5) is 15.8 Å². The molecule has 10 heteroatoms. The molecular formula is C25H27ClFN5O3. The number of guanidine groups is 1. The van der Waals surface area contributed by atoms with Gasteiger partial charge >= 0.3 is 0 Å². The highest BCUT2D eigenvalue weighted by Gasteiger charge is 2.39. The fourth-order valence-electron chi connectivity index (χ4n) is 4.22. The van der Waals surface area contributed by atoms with E-state index in [4.69, 9.17) is 16.3 Å². The smallest absolute Gasteiger partial charge is 0.280 e. The molecule has 184 valence electrons. The van der Waals surface area contributed by atoms with Gasteiger partial charge in [0.1, 0.15) is 5.82 Å². The zero-order chi connectivity index (χ0) is 24.6. The lowest BCUT2D eigenvalue weighted by atomic mass is 10.00. The van der Waals surface area contributed by atoms with Gasteiger partial charge in [0, 0.05) is 36.4 Å². The highest BCUT2D eigenvalue weighted by atomic mass is 35.5. The van der Waals surface area contributed by atoms with Crippen LogP contribution in [0.5, 0.6) is 0 Å². The molecule has 0 bridgehead atoms. The van der Waals surface area contributed by atoms with E-state index in [1.54, 1.807) is 24.3 Å². The number of nitrogens with one attached hydrogen (secondary N) is 4. The topological polar surface area (TPSA) is 104 Å². The van der Waals surface area contributed by atoms with E-state index in [1.165, 1.54) is 0 Å². The summed E-state index contributed by atoms with van der Waals surface area (Å²) in [6, 6.07) is 7.77. The van der Waals surface area contributed by atoms with E-state index in [0.29, 0.717) is 48.9 Å². The second kappa shape index (κ2) is 9.47. The molecule has 1 saturated carbocycles. The van der Waals surface area contributed by atoms with Crippen molar-refractivity contribution in [3.8, 4) is 0 Å². The molecule has 2 saturated heterocycles. The lowest BCUT2D eigenvalue weighted by Gasteiger charge is -2.20. The Balaban J connectivity index is 1.47. The number of carbonyl (C=O) groups excluding carboxylic acids is 2. The van der Waals surface area contributed by atoms with Crippen molar-refractivity contribution in [3.63, 3.8) is 0 Å². The first-order valence-electron chi connectivity index (χ1n) is 11.8. The standard InChI is InChI=1S/C25H27ClFN5O3/c1-25(7-8-25)32-23(34)15-4-2-5-18(20(15)26)30-21-16(19-6-3-11-35-19)12-14(13-17(21)27)22(33)31-24-28-9-10-29-24/h2,4-5,12-13,19,30H,3,6-11H2,1H3,(H,32,34)(H2,28,29,31,33). The number of benzene rings is 2. The second-order valence-electron chi connectivity index (χ2n) is 9.35. The number of ether oxygens (including phenoxy) is 1. The summed E-state index contributed by atoms with van der Waals surface area (Å²) in [5.41, 5.74) is 1.29. The molecule has 0 radical (unpaired) electrons. The third-order valence-electron chi connectivity index (χ3n) is 6.49. The molecule has 2 amide bonds. The van der Waals surface area contributed by atoms with Crippen LogP contribution in [0.15, 0.2) is 35.3 Å². The summed E-state index contributed by atoms with van der Waals surface area (Å²) in [5, 5.41) is 12.2. The number of hydrogen-bond donors (Lipinski definition) is 4. The average molecular weight is 500 g/mol. The van der Waals surface area contributed by atoms with Crippen LogP contribution in [-0.4, -0.2) is 43.0 Å². The van der Waals surface area contributed by atoms with Crippen LogP contribution in [0, 0.1) is 5.82 Å². The number of amides is 2. The summed E-state index contributed by atoms with van der Waals surface area (Å²) in [5.74, 6) is -1.09. The van der Waals surface area contributed by atoms with Gasteiger partial charge in [-0.15, -0.1) is 0 Å². The Morgan fingerprint density at radius 1 is 1.23 bits per heavy atom. The lowest BCUT2D eigenvalue weighted by molar-refractivity contribution is 0.0934. The maximum absolute atomic E-state index is 15.5. The van der Waals surface area contributed by atoms with Gasteiger partial charge in [0.15, 0.2) is 5.96 Å². The molecule has 3 aliphatic rings. The monoisotopic (exact) mass is 499 g/mol. The van der Waals surface area contributed by atoms with Gasteiger partial charge < -0.3 is 26.0 Å². The van der Waals surface area contributed by atoms with E-state index in [1.807, 2.05) is 6.92 Å². The van der Waals surface area contributed by atoms with Crippen LogP contribution in [0.25, 0.3) is 0 Å². The molecule has 1 unspecified atom stereocenters. The number of aliphatic imine (C=N–C) groups is 1. The largest absolute Gasteiger partial charge is 0.373 e. The third kappa shape index (κ3) is 5.11. The fourth-order valence-corrected chi connectivity index (χ4v) is 4.48. The van der Waals surface area contributed by atoms with Crippen molar-refractivity contribution in [3.05, 3.63) is 57.9 Å². The normalized spacial score (nSPS) is 20.1. The highest BCUT2D eigenvalue weighted by Crippen LogP contribution is 2.39. The minimum atomic E-state index is -0.634. The summed E-state index contributed by atoms with van der Waals surface area (Å²) in [4.78, 5) is 29.5. The summed E-state index contributed by atoms with van der Waals surface area (Å²) < 4.78 is 21.3. The molecule has 2 aromatic carbocycles. The fraction of sp³-hybridized carbons (Fsp3) is 0.400. The lowest BCUT2D eigenvalue weighted by Crippen LogP contribution is -2.34. The number of hydrogen-bond acceptors (Lipinski definition) is 4. The van der Waals surface area contributed by atoms with Crippen molar-refractivity contribution in [1.82, 2.24) is 16.0 Å². The Morgan fingerprint density at radius 3 is 2.69 bits per heavy atom. The molecule has 1 aliphatic carbocycles. The van der Waals surface area contributed by atoms with Crippen LogP contribution in [0.2, 0.25) is 5.02 Å². The van der Waals surface area contributed by atoms with E-state index in [9.17, 15) is 9.59 Å². The minimum Gasteiger partial charge on any atom is -0.373 e. The van der Waals surface area contributed by atoms with E-state index >= 15 is 4.39 Å². The molecule has 4 N–H and O–H groups in total. The van der Waals surface area contributed by atoms with E-state index in [0.717, 1.165) is 25.3 Å². The van der Waals surface area contributed by atoms with Crippen LogP contribution in [-0.2, 0) is 4.74 Å². The number of rotatable bonds is 6. The van der Waals surface area contributed by atoms with Gasteiger partial charge in [0.05, 0.1) is 28.1 Å². The zero-order valence-electron chi connectivity index (χ0n) is 19.3. The average Bonchev–Trinajstić information content (AvgIpc) is 3.24. The predicted molar refractivity (Wildman–Crippen MR) is 132 cm³/mol. The minimum absolute atomic E-state index is 0.124. The van der Waals surface area contributed by atoms with Crippen LogP contribution in [0.1, 0.15) is 65.0 Å². The van der Waals surface area contributed by atoms with E-state index in [2.05, 4.69) is 26.3 Å². The van der Waals surface area contributed by atoms with Gasteiger partial charge in [-0.05, 0) is 56.9 Å². The molecule has 3 fully saturated rings. The van der Waals surface area contributed by atoms with Crippen molar-refractivity contribution in [2.24, 2.45) is 4.99 Å². The number of carbonyl (C=O) groups is 2. The maximum Gasteiger partial charge on any atom is 0.280 e. The maximum atomic E-state index is 15.5. The Kier molecular flexibility index (Phi) is 6.37. The van der Waals surface area contributed by atoms with Crippen LogP contribution >= 0.6 is 11.6 Å². The first kappa shape index (κ1) is 23.6. The SMILES string of the molecule is CC1(NC(=O)c2cccc(Nc3c(F)cc(C(=O)N=C4NCCN4)cc3C3CCCO3)c2Cl)CC1. The Bertz CT molecular complexity index is 1200. The Hall–Kier alpha value is -3.17. The van der Waals surface area contributed by atoms with Crippen molar-refractivity contribution in [2.45, 2.75) is 44.2 Å². The van der Waals surface area contributed by atoms with Gasteiger partial charge in [0.25, 0.3) is 11.8 Å². The number of nitrogens with zero attached hydrogens (tertiary/aromatic N) is 1. The van der Waals surface area contributed by atoms with E-state index in [-0.39, 0.29) is 33.8 Å². The van der Waals surface area contributed by atoms with Crippen molar-refractivity contribution >= 4 is 40.7 Å². The summed E-state index contributed by atoms with van der Waals surface area (Å²) in [7, 11) is 0.